The molecule has 7 heteroatoms. The summed E-state index contributed by atoms with van der Waals surface area (Å²) < 4.78 is 0. The van der Waals surface area contributed by atoms with Gasteiger partial charge in [-0.25, -0.2) is 0 Å². The zero-order chi connectivity index (χ0) is 14.7. The second kappa shape index (κ2) is 9.10. The minimum absolute atomic E-state index is 0. The third kappa shape index (κ3) is 4.68. The van der Waals surface area contributed by atoms with E-state index in [0.29, 0.717) is 12.0 Å². The molecule has 1 heterocycles. The average molecular weight is 351 g/mol. The highest BCUT2D eigenvalue weighted by atomic mass is 35.5. The number of phenols is 3. The van der Waals surface area contributed by atoms with Crippen molar-refractivity contribution in [2.24, 2.45) is 0 Å². The molecule has 1 aliphatic heterocycles. The van der Waals surface area contributed by atoms with E-state index in [2.05, 4.69) is 16.8 Å². The van der Waals surface area contributed by atoms with Gasteiger partial charge in [0.15, 0.2) is 11.5 Å². The zero-order valence-electron chi connectivity index (χ0n) is 12.6. The molecule has 0 spiro atoms. The molecule has 5 nitrogen and oxygen atoms in total. The van der Waals surface area contributed by atoms with E-state index < -0.39 is 5.75 Å². The van der Waals surface area contributed by atoms with Gasteiger partial charge in [-0.05, 0) is 25.5 Å². The van der Waals surface area contributed by atoms with Gasteiger partial charge in [0.2, 0.25) is 5.75 Å². The Morgan fingerprint density at radius 1 is 1.18 bits per heavy atom. The predicted molar refractivity (Wildman–Crippen MR) is 92.5 cm³/mol. The molecule has 1 aromatic carbocycles. The van der Waals surface area contributed by atoms with Crippen molar-refractivity contribution in [2.75, 3.05) is 26.2 Å². The van der Waals surface area contributed by atoms with E-state index in [-0.39, 0.29) is 42.4 Å². The summed E-state index contributed by atoms with van der Waals surface area (Å²) in [6.45, 7) is 9.45. The first-order valence-corrected chi connectivity index (χ1v) is 6.83. The number of hydrogen-bond acceptors (Lipinski definition) is 5. The quantitative estimate of drug-likeness (QED) is 0.496. The van der Waals surface area contributed by atoms with Gasteiger partial charge in [0.1, 0.15) is 0 Å². The average Bonchev–Trinajstić information content (AvgIpc) is 2.44. The van der Waals surface area contributed by atoms with Crippen LogP contribution in [0.2, 0.25) is 0 Å². The molecule has 0 saturated carbocycles. The summed E-state index contributed by atoms with van der Waals surface area (Å²) in [7, 11) is 0. The molecule has 0 unspecified atom stereocenters. The molecule has 4 N–H and O–H groups in total. The van der Waals surface area contributed by atoms with E-state index in [4.69, 9.17) is 0 Å². The Labute approximate surface area is 143 Å². The van der Waals surface area contributed by atoms with Gasteiger partial charge in [-0.2, -0.15) is 0 Å². The van der Waals surface area contributed by atoms with E-state index in [0.717, 1.165) is 31.8 Å². The fourth-order valence-electron chi connectivity index (χ4n) is 2.61. The van der Waals surface area contributed by atoms with E-state index in [1.165, 1.54) is 6.07 Å². The summed E-state index contributed by atoms with van der Waals surface area (Å²) in [6, 6.07) is 3.04. The van der Waals surface area contributed by atoms with Crippen LogP contribution in [0.1, 0.15) is 24.9 Å². The first-order valence-electron chi connectivity index (χ1n) is 6.83. The Balaban J connectivity index is 0.00000220. The highest BCUT2D eigenvalue weighted by molar-refractivity contribution is 5.85. The van der Waals surface area contributed by atoms with Gasteiger partial charge in [0, 0.05) is 37.8 Å². The monoisotopic (exact) mass is 350 g/mol. The largest absolute Gasteiger partial charge is 0.504 e. The maximum absolute atomic E-state index is 10.1. The van der Waals surface area contributed by atoms with Gasteiger partial charge in [-0.3, -0.25) is 4.90 Å². The molecule has 1 atom stereocenters. The molecular weight excluding hydrogens is 327 g/mol. The van der Waals surface area contributed by atoms with Gasteiger partial charge >= 0.3 is 0 Å². The van der Waals surface area contributed by atoms with Crippen LogP contribution in [0.15, 0.2) is 24.3 Å². The molecular formula is C15H24Cl2N2O3. The van der Waals surface area contributed by atoms with Gasteiger partial charge < -0.3 is 20.6 Å². The van der Waals surface area contributed by atoms with Crippen LogP contribution in [0.3, 0.4) is 0 Å². The van der Waals surface area contributed by atoms with Gasteiger partial charge in [0.05, 0.1) is 0 Å². The topological polar surface area (TPSA) is 76.0 Å². The number of nitrogens with zero attached hydrogens (tertiary/aromatic N) is 1. The van der Waals surface area contributed by atoms with Crippen molar-refractivity contribution >= 4 is 24.8 Å². The van der Waals surface area contributed by atoms with Crippen LogP contribution in [0.25, 0.3) is 0 Å². The number of piperazine rings is 1. The van der Waals surface area contributed by atoms with Crippen LogP contribution in [-0.4, -0.2) is 46.4 Å². The molecule has 0 aliphatic carbocycles. The molecule has 0 aromatic heterocycles. The number of hydrogen-bond donors (Lipinski definition) is 4. The summed E-state index contributed by atoms with van der Waals surface area (Å²) in [4.78, 5) is 2.26. The molecule has 0 bridgehead atoms. The third-order valence-electron chi connectivity index (χ3n) is 3.65. The van der Waals surface area contributed by atoms with Crippen LogP contribution in [-0.2, 0) is 0 Å². The standard InChI is InChI=1S/C15H22N2O3.2ClH/c1-10(2)9-12(17-7-5-16-6-8-17)11-3-4-13(18)15(20)14(11)19;;/h3-4,12,16,18-20H,1,5-9H2,2H3;2*1H/t12-;;/m0../s1. The summed E-state index contributed by atoms with van der Waals surface area (Å²) >= 11 is 0. The van der Waals surface area contributed by atoms with Crippen LogP contribution >= 0.6 is 24.8 Å². The fraction of sp³-hybridized carbons (Fsp3) is 0.467. The number of halogens is 2. The van der Waals surface area contributed by atoms with Crippen LogP contribution in [0.4, 0.5) is 0 Å². The first-order chi connectivity index (χ1) is 9.50. The van der Waals surface area contributed by atoms with Crippen molar-refractivity contribution in [3.8, 4) is 17.2 Å². The second-order valence-electron chi connectivity index (χ2n) is 5.33. The number of benzene rings is 1. The summed E-state index contributed by atoms with van der Waals surface area (Å²) in [5.74, 6) is -1.00. The Morgan fingerprint density at radius 3 is 2.32 bits per heavy atom. The van der Waals surface area contributed by atoms with Crippen molar-refractivity contribution in [3.05, 3.63) is 29.8 Å². The molecule has 0 amide bonds. The lowest BCUT2D eigenvalue weighted by molar-refractivity contribution is 0.169. The van der Waals surface area contributed by atoms with E-state index >= 15 is 0 Å². The van der Waals surface area contributed by atoms with Crippen LogP contribution < -0.4 is 5.32 Å². The van der Waals surface area contributed by atoms with E-state index in [1.807, 2.05) is 6.92 Å². The molecule has 1 aromatic rings. The molecule has 1 fully saturated rings. The second-order valence-corrected chi connectivity index (χ2v) is 5.33. The van der Waals surface area contributed by atoms with Crippen molar-refractivity contribution in [2.45, 2.75) is 19.4 Å². The van der Waals surface area contributed by atoms with Crippen LogP contribution in [0.5, 0.6) is 17.2 Å². The van der Waals surface area contributed by atoms with Crippen molar-refractivity contribution in [1.82, 2.24) is 10.2 Å². The normalized spacial score (nSPS) is 16.2. The highest BCUT2D eigenvalue weighted by Crippen LogP contribution is 2.42. The zero-order valence-corrected chi connectivity index (χ0v) is 14.2. The molecule has 1 aliphatic rings. The van der Waals surface area contributed by atoms with Crippen molar-refractivity contribution < 1.29 is 15.3 Å². The van der Waals surface area contributed by atoms with Gasteiger partial charge in [0.25, 0.3) is 0 Å². The van der Waals surface area contributed by atoms with Gasteiger partial charge in [-0.1, -0.05) is 5.57 Å². The maximum atomic E-state index is 10.1. The lowest BCUT2D eigenvalue weighted by Crippen LogP contribution is -2.45. The molecule has 0 radical (unpaired) electrons. The minimum Gasteiger partial charge on any atom is -0.504 e. The summed E-state index contributed by atoms with van der Waals surface area (Å²) in [6.07, 6.45) is 0.706. The Kier molecular flexibility index (Phi) is 8.63. The number of aromatic hydroxyl groups is 3. The Hall–Kier alpha value is -1.14. The van der Waals surface area contributed by atoms with E-state index in [1.54, 1.807) is 6.07 Å². The molecule has 126 valence electrons. The molecule has 22 heavy (non-hydrogen) atoms. The third-order valence-corrected chi connectivity index (χ3v) is 3.65. The van der Waals surface area contributed by atoms with Gasteiger partial charge in [-0.15, -0.1) is 31.4 Å². The lowest BCUT2D eigenvalue weighted by atomic mass is 9.96. The first kappa shape index (κ1) is 20.9. The maximum Gasteiger partial charge on any atom is 0.200 e. The fourth-order valence-corrected chi connectivity index (χ4v) is 2.61. The minimum atomic E-state index is -0.454. The molecule has 1 saturated heterocycles. The Bertz CT molecular complexity index is 506. The van der Waals surface area contributed by atoms with Crippen molar-refractivity contribution in [3.63, 3.8) is 0 Å². The highest BCUT2D eigenvalue weighted by Gasteiger charge is 2.26. The van der Waals surface area contributed by atoms with Crippen molar-refractivity contribution in [1.29, 1.82) is 0 Å². The van der Waals surface area contributed by atoms with Crippen LogP contribution in [0, 0.1) is 0 Å². The number of phenolic OH excluding ortho intramolecular Hbond substituents is 3. The smallest absolute Gasteiger partial charge is 0.200 e. The van der Waals surface area contributed by atoms with E-state index in [9.17, 15) is 15.3 Å². The predicted octanol–water partition coefficient (Wildman–Crippen LogP) is 2.56. The number of rotatable bonds is 4. The Morgan fingerprint density at radius 2 is 1.77 bits per heavy atom. The number of nitrogens with one attached hydrogen (secondary N) is 1. The molecule has 2 rings (SSSR count). The SMILES string of the molecule is C=C(C)C[C@@H](c1ccc(O)c(O)c1O)N1CCNCC1.Cl.Cl. The summed E-state index contributed by atoms with van der Waals surface area (Å²) in [5, 5.41) is 32.6. The summed E-state index contributed by atoms with van der Waals surface area (Å²) in [5.41, 5.74) is 1.64. The lowest BCUT2D eigenvalue weighted by Gasteiger charge is -2.35.